The van der Waals surface area contributed by atoms with Crippen LogP contribution in [0.5, 0.6) is 0 Å². The quantitative estimate of drug-likeness (QED) is 0.909. The Morgan fingerprint density at radius 2 is 2.00 bits per heavy atom. The highest BCUT2D eigenvalue weighted by Gasteiger charge is 2.37. The average Bonchev–Trinajstić information content (AvgIpc) is 3.17. The Morgan fingerprint density at radius 1 is 1.35 bits per heavy atom. The summed E-state index contributed by atoms with van der Waals surface area (Å²) >= 11 is 0. The second kappa shape index (κ2) is 7.62. The summed E-state index contributed by atoms with van der Waals surface area (Å²) in [6, 6.07) is 0. The van der Waals surface area contributed by atoms with E-state index >= 15 is 0 Å². The summed E-state index contributed by atoms with van der Waals surface area (Å²) < 4.78 is 5.48. The van der Waals surface area contributed by atoms with Crippen LogP contribution < -0.4 is 5.73 Å². The van der Waals surface area contributed by atoms with E-state index in [1.165, 1.54) is 0 Å². The number of rotatable bonds is 4. The number of piperidine rings is 1. The molecule has 1 saturated heterocycles. The van der Waals surface area contributed by atoms with Crippen LogP contribution in [0.25, 0.3) is 0 Å². The SMILES string of the molecule is CCCC(=O)N1CCC(c2nc(C3(N)CCCC3)no2)CC1.Cl. The number of carbonyl (C=O) groups excluding carboxylic acids is 1. The van der Waals surface area contributed by atoms with E-state index in [0.29, 0.717) is 18.1 Å². The third-order valence-corrected chi connectivity index (χ3v) is 5.04. The smallest absolute Gasteiger partial charge is 0.229 e. The summed E-state index contributed by atoms with van der Waals surface area (Å²) in [4.78, 5) is 18.5. The first kappa shape index (κ1) is 18.2. The molecule has 0 aromatic carbocycles. The van der Waals surface area contributed by atoms with Gasteiger partial charge in [0.15, 0.2) is 5.82 Å². The fraction of sp³-hybridized carbons (Fsp3) is 0.812. The Bertz CT molecular complexity index is 520. The summed E-state index contributed by atoms with van der Waals surface area (Å²) in [5.41, 5.74) is 5.99. The Morgan fingerprint density at radius 3 is 2.61 bits per heavy atom. The molecule has 1 saturated carbocycles. The van der Waals surface area contributed by atoms with E-state index < -0.39 is 0 Å². The molecule has 0 spiro atoms. The molecule has 0 bridgehead atoms. The van der Waals surface area contributed by atoms with Gasteiger partial charge in [-0.2, -0.15) is 4.98 Å². The molecule has 0 unspecified atom stereocenters. The van der Waals surface area contributed by atoms with Crippen molar-refractivity contribution in [1.82, 2.24) is 15.0 Å². The molecule has 1 aromatic rings. The monoisotopic (exact) mass is 342 g/mol. The first-order valence-electron chi connectivity index (χ1n) is 8.53. The molecule has 2 N–H and O–H groups in total. The minimum Gasteiger partial charge on any atom is -0.343 e. The highest BCUT2D eigenvalue weighted by Crippen LogP contribution is 2.36. The molecule has 0 radical (unpaired) electrons. The van der Waals surface area contributed by atoms with Gasteiger partial charge in [0.25, 0.3) is 0 Å². The lowest BCUT2D eigenvalue weighted by Crippen LogP contribution is -2.38. The van der Waals surface area contributed by atoms with Crippen LogP contribution in [0.3, 0.4) is 0 Å². The van der Waals surface area contributed by atoms with Gasteiger partial charge in [0, 0.05) is 25.4 Å². The largest absolute Gasteiger partial charge is 0.343 e. The van der Waals surface area contributed by atoms with Gasteiger partial charge < -0.3 is 15.2 Å². The molecule has 7 heteroatoms. The number of likely N-dealkylation sites (tertiary alicyclic amines) is 1. The summed E-state index contributed by atoms with van der Waals surface area (Å²) in [6.07, 6.45) is 7.50. The second-order valence-corrected chi connectivity index (χ2v) is 6.72. The number of nitrogens with two attached hydrogens (primary N) is 1. The maximum absolute atomic E-state index is 11.9. The van der Waals surface area contributed by atoms with Crippen molar-refractivity contribution in [2.45, 2.75) is 69.7 Å². The van der Waals surface area contributed by atoms with E-state index in [2.05, 4.69) is 10.1 Å². The Balaban J connectivity index is 0.00000192. The van der Waals surface area contributed by atoms with E-state index in [0.717, 1.165) is 58.0 Å². The summed E-state index contributed by atoms with van der Waals surface area (Å²) in [5.74, 6) is 1.90. The molecule has 23 heavy (non-hydrogen) atoms. The molecule has 1 aromatic heterocycles. The zero-order valence-corrected chi connectivity index (χ0v) is 14.6. The van der Waals surface area contributed by atoms with Crippen molar-refractivity contribution >= 4 is 18.3 Å². The Hall–Kier alpha value is -1.14. The van der Waals surface area contributed by atoms with Crippen LogP contribution in [-0.4, -0.2) is 34.0 Å². The number of halogens is 1. The van der Waals surface area contributed by atoms with Crippen LogP contribution in [0.4, 0.5) is 0 Å². The van der Waals surface area contributed by atoms with E-state index in [-0.39, 0.29) is 29.8 Å². The van der Waals surface area contributed by atoms with Crippen LogP contribution in [0.1, 0.15) is 75.9 Å². The lowest BCUT2D eigenvalue weighted by molar-refractivity contribution is -0.132. The minimum atomic E-state index is -0.389. The molecule has 1 aliphatic carbocycles. The van der Waals surface area contributed by atoms with E-state index in [1.807, 2.05) is 11.8 Å². The van der Waals surface area contributed by atoms with Crippen LogP contribution >= 0.6 is 12.4 Å². The van der Waals surface area contributed by atoms with Crippen molar-refractivity contribution < 1.29 is 9.32 Å². The van der Waals surface area contributed by atoms with Crippen molar-refractivity contribution in [3.05, 3.63) is 11.7 Å². The molecule has 2 aliphatic rings. The number of hydrogen-bond acceptors (Lipinski definition) is 5. The van der Waals surface area contributed by atoms with E-state index in [4.69, 9.17) is 10.3 Å². The molecule has 2 heterocycles. The van der Waals surface area contributed by atoms with Gasteiger partial charge in [-0.15, -0.1) is 12.4 Å². The first-order chi connectivity index (χ1) is 10.6. The van der Waals surface area contributed by atoms with Gasteiger partial charge in [-0.05, 0) is 32.1 Å². The molecule has 3 rings (SSSR count). The van der Waals surface area contributed by atoms with Crippen molar-refractivity contribution in [1.29, 1.82) is 0 Å². The number of aromatic nitrogens is 2. The standard InChI is InChI=1S/C16H26N4O2.ClH/c1-2-5-13(21)20-10-6-12(7-11-20)14-18-15(19-22-14)16(17)8-3-4-9-16;/h12H,2-11,17H2,1H3;1H. The Kier molecular flexibility index (Phi) is 6.03. The molecule has 1 aliphatic heterocycles. The van der Waals surface area contributed by atoms with Crippen LogP contribution in [0.15, 0.2) is 4.52 Å². The van der Waals surface area contributed by atoms with Gasteiger partial charge >= 0.3 is 0 Å². The maximum Gasteiger partial charge on any atom is 0.229 e. The molecule has 2 fully saturated rings. The summed E-state index contributed by atoms with van der Waals surface area (Å²) in [6.45, 7) is 3.61. The van der Waals surface area contributed by atoms with Crippen molar-refractivity contribution in [2.24, 2.45) is 5.73 Å². The molecular weight excluding hydrogens is 316 g/mol. The van der Waals surface area contributed by atoms with Gasteiger partial charge in [-0.25, -0.2) is 0 Å². The van der Waals surface area contributed by atoms with Crippen molar-refractivity contribution in [3.63, 3.8) is 0 Å². The van der Waals surface area contributed by atoms with Gasteiger partial charge in [0.1, 0.15) is 0 Å². The molecular formula is C16H27ClN4O2. The second-order valence-electron chi connectivity index (χ2n) is 6.72. The molecule has 0 atom stereocenters. The molecule has 6 nitrogen and oxygen atoms in total. The number of hydrogen-bond donors (Lipinski definition) is 1. The molecule has 1 amide bonds. The third kappa shape index (κ3) is 3.86. The van der Waals surface area contributed by atoms with Crippen molar-refractivity contribution in [2.75, 3.05) is 13.1 Å². The molecule has 130 valence electrons. The normalized spacial score (nSPS) is 21.2. The number of nitrogens with zero attached hydrogens (tertiary/aromatic N) is 3. The fourth-order valence-electron chi connectivity index (χ4n) is 3.58. The zero-order chi connectivity index (χ0) is 15.6. The fourth-order valence-corrected chi connectivity index (χ4v) is 3.58. The van der Waals surface area contributed by atoms with Gasteiger partial charge in [-0.1, -0.05) is 24.9 Å². The number of amides is 1. The van der Waals surface area contributed by atoms with Gasteiger partial charge in [0.05, 0.1) is 5.54 Å². The van der Waals surface area contributed by atoms with E-state index in [9.17, 15) is 4.79 Å². The lowest BCUT2D eigenvalue weighted by Gasteiger charge is -2.30. The predicted molar refractivity (Wildman–Crippen MR) is 89.3 cm³/mol. The van der Waals surface area contributed by atoms with Gasteiger partial charge in [0.2, 0.25) is 11.8 Å². The third-order valence-electron chi connectivity index (χ3n) is 5.04. The average molecular weight is 343 g/mol. The highest BCUT2D eigenvalue weighted by molar-refractivity contribution is 5.85. The lowest BCUT2D eigenvalue weighted by atomic mass is 9.95. The van der Waals surface area contributed by atoms with Crippen LogP contribution in [0.2, 0.25) is 0 Å². The first-order valence-corrected chi connectivity index (χ1v) is 8.53. The van der Waals surface area contributed by atoms with Crippen molar-refractivity contribution in [3.8, 4) is 0 Å². The summed E-state index contributed by atoms with van der Waals surface area (Å²) in [7, 11) is 0. The number of carbonyl (C=O) groups is 1. The predicted octanol–water partition coefficient (Wildman–Crippen LogP) is 2.73. The van der Waals surface area contributed by atoms with Crippen LogP contribution in [-0.2, 0) is 10.3 Å². The van der Waals surface area contributed by atoms with E-state index in [1.54, 1.807) is 0 Å². The Labute approximate surface area is 143 Å². The zero-order valence-electron chi connectivity index (χ0n) is 13.8. The van der Waals surface area contributed by atoms with Crippen LogP contribution in [0, 0.1) is 0 Å². The summed E-state index contributed by atoms with van der Waals surface area (Å²) in [5, 5.41) is 4.14. The highest BCUT2D eigenvalue weighted by atomic mass is 35.5. The minimum absolute atomic E-state index is 0. The maximum atomic E-state index is 11.9. The van der Waals surface area contributed by atoms with Gasteiger partial charge in [-0.3, -0.25) is 4.79 Å². The topological polar surface area (TPSA) is 85.2 Å².